The number of fused-ring (bicyclic) bond motifs is 5. The summed E-state index contributed by atoms with van der Waals surface area (Å²) in [6, 6.07) is 0. The summed E-state index contributed by atoms with van der Waals surface area (Å²) >= 11 is 0. The van der Waals surface area contributed by atoms with E-state index >= 15 is 0 Å². The maximum absolute atomic E-state index is 12.5. The molecule has 4 rings (SSSR count). The highest BCUT2D eigenvalue weighted by Crippen LogP contribution is 2.66. The van der Waals surface area contributed by atoms with Crippen molar-refractivity contribution >= 4 is 11.6 Å². The van der Waals surface area contributed by atoms with Gasteiger partial charge in [-0.05, 0) is 72.3 Å². The summed E-state index contributed by atoms with van der Waals surface area (Å²) in [5, 5.41) is 20.8. The van der Waals surface area contributed by atoms with E-state index in [1.165, 1.54) is 0 Å². The molecular formula is C23H33FO6. The molecule has 30 heavy (non-hydrogen) atoms. The minimum absolute atomic E-state index is 0.0140. The first-order valence-corrected chi connectivity index (χ1v) is 11.1. The van der Waals surface area contributed by atoms with E-state index in [9.17, 15) is 24.2 Å². The number of aliphatic hydroxyl groups is 2. The predicted octanol–water partition coefficient (Wildman–Crippen LogP) is 2.56. The molecule has 0 aromatic heterocycles. The van der Waals surface area contributed by atoms with Gasteiger partial charge in [0.2, 0.25) is 0 Å². The summed E-state index contributed by atoms with van der Waals surface area (Å²) < 4.78 is 23.1. The molecule has 168 valence electrons. The van der Waals surface area contributed by atoms with Gasteiger partial charge in [0.1, 0.15) is 6.61 Å². The molecule has 0 heterocycles. The molecular weight excluding hydrogens is 391 g/mol. The molecule has 8 atom stereocenters. The van der Waals surface area contributed by atoms with Gasteiger partial charge >= 0.3 is 0 Å². The van der Waals surface area contributed by atoms with E-state index in [-0.39, 0.29) is 59.0 Å². The Labute approximate surface area is 176 Å². The molecule has 3 fully saturated rings. The van der Waals surface area contributed by atoms with Crippen LogP contribution in [0.15, 0.2) is 11.6 Å². The molecule has 0 aromatic carbocycles. The summed E-state index contributed by atoms with van der Waals surface area (Å²) in [7, 11) is 0. The standard InChI is InChI=1S/C23H33FO6/c1-22-6-5-13(26)7-17(22)20(30-12-29-11-24)8-14-15-3-4-16(19(28)10-25)23(15,2)9-18(27)21(14)22/h7,14-16,18,20-21,25,27H,3-6,8-12H2,1-2H3/t14-,15-,16+,18-,20-,21+,22-,23-/m0/s1. The predicted molar refractivity (Wildman–Crippen MR) is 106 cm³/mol. The highest BCUT2D eigenvalue weighted by molar-refractivity contribution is 5.92. The average molecular weight is 425 g/mol. The molecule has 0 spiro atoms. The van der Waals surface area contributed by atoms with Crippen molar-refractivity contribution < 1.29 is 33.7 Å². The third-order valence-electron chi connectivity index (χ3n) is 8.86. The fourth-order valence-electron chi connectivity index (χ4n) is 7.67. The Morgan fingerprint density at radius 3 is 2.80 bits per heavy atom. The van der Waals surface area contributed by atoms with Crippen LogP contribution < -0.4 is 0 Å². The average Bonchev–Trinajstić information content (AvgIpc) is 3.05. The van der Waals surface area contributed by atoms with Gasteiger partial charge in [-0.15, -0.1) is 0 Å². The van der Waals surface area contributed by atoms with Crippen molar-refractivity contribution in [3.05, 3.63) is 11.6 Å². The second-order valence-electron chi connectivity index (χ2n) is 10.1. The molecule has 4 aliphatic carbocycles. The number of carbonyl (C=O) groups excluding carboxylic acids is 2. The van der Waals surface area contributed by atoms with Gasteiger partial charge in [-0.25, -0.2) is 4.39 Å². The Kier molecular flexibility index (Phi) is 5.94. The van der Waals surface area contributed by atoms with Crippen molar-refractivity contribution in [1.29, 1.82) is 0 Å². The van der Waals surface area contributed by atoms with Gasteiger partial charge in [-0.1, -0.05) is 13.8 Å². The topological polar surface area (TPSA) is 93.1 Å². The van der Waals surface area contributed by atoms with E-state index in [2.05, 4.69) is 13.8 Å². The van der Waals surface area contributed by atoms with Gasteiger partial charge in [0.15, 0.2) is 25.2 Å². The molecule has 6 nitrogen and oxygen atoms in total. The van der Waals surface area contributed by atoms with E-state index in [4.69, 9.17) is 9.47 Å². The molecule has 7 heteroatoms. The van der Waals surface area contributed by atoms with E-state index in [0.29, 0.717) is 25.7 Å². The number of carbonyl (C=O) groups is 2. The van der Waals surface area contributed by atoms with E-state index < -0.39 is 19.6 Å². The number of Topliss-reactive ketones (excluding diaryl/α,β-unsaturated/α-hetero) is 1. The van der Waals surface area contributed by atoms with Crippen molar-refractivity contribution in [1.82, 2.24) is 0 Å². The number of halogens is 1. The van der Waals surface area contributed by atoms with Crippen LogP contribution in [-0.4, -0.2) is 54.2 Å². The Hall–Kier alpha value is -1.15. The van der Waals surface area contributed by atoms with Crippen molar-refractivity contribution in [2.75, 3.05) is 20.3 Å². The second kappa shape index (κ2) is 8.08. The fraction of sp³-hybridized carbons (Fsp3) is 0.826. The third-order valence-corrected chi connectivity index (χ3v) is 8.86. The Bertz CT molecular complexity index is 737. The largest absolute Gasteiger partial charge is 0.393 e. The lowest BCUT2D eigenvalue weighted by Gasteiger charge is -2.61. The molecule has 0 unspecified atom stereocenters. The first-order valence-electron chi connectivity index (χ1n) is 11.1. The number of hydrogen-bond donors (Lipinski definition) is 2. The molecule has 0 radical (unpaired) electrons. The van der Waals surface area contributed by atoms with Crippen LogP contribution in [-0.2, 0) is 19.1 Å². The number of rotatable bonds is 6. The Morgan fingerprint density at radius 1 is 1.33 bits per heavy atom. The number of aliphatic hydroxyl groups excluding tert-OH is 2. The lowest BCUT2D eigenvalue weighted by molar-refractivity contribution is -0.172. The molecule has 0 saturated heterocycles. The van der Waals surface area contributed by atoms with Gasteiger partial charge in [-0.2, -0.15) is 0 Å². The summed E-state index contributed by atoms with van der Waals surface area (Å²) in [5.41, 5.74) is 0.158. The Balaban J connectivity index is 1.70. The molecule has 0 amide bonds. The maximum atomic E-state index is 12.5. The van der Waals surface area contributed by atoms with Crippen LogP contribution in [0.2, 0.25) is 0 Å². The highest BCUT2D eigenvalue weighted by Gasteiger charge is 2.64. The van der Waals surface area contributed by atoms with Crippen molar-refractivity contribution in [3.63, 3.8) is 0 Å². The van der Waals surface area contributed by atoms with Gasteiger partial charge in [0.25, 0.3) is 0 Å². The fourth-order valence-corrected chi connectivity index (χ4v) is 7.67. The molecule has 4 aliphatic rings. The van der Waals surface area contributed by atoms with Gasteiger partial charge in [0, 0.05) is 12.3 Å². The van der Waals surface area contributed by atoms with Gasteiger partial charge in [-0.3, -0.25) is 9.59 Å². The van der Waals surface area contributed by atoms with E-state index in [0.717, 1.165) is 18.4 Å². The molecule has 0 aliphatic heterocycles. The highest BCUT2D eigenvalue weighted by atomic mass is 19.1. The van der Waals surface area contributed by atoms with Crippen LogP contribution in [0.3, 0.4) is 0 Å². The van der Waals surface area contributed by atoms with Crippen LogP contribution in [0.1, 0.15) is 52.4 Å². The number of hydrogen-bond acceptors (Lipinski definition) is 6. The van der Waals surface area contributed by atoms with Crippen LogP contribution in [0.4, 0.5) is 4.39 Å². The smallest absolute Gasteiger partial charge is 0.191 e. The summed E-state index contributed by atoms with van der Waals surface area (Å²) in [6.45, 7) is 2.62. The quantitative estimate of drug-likeness (QED) is 0.503. The zero-order valence-corrected chi connectivity index (χ0v) is 17.8. The monoisotopic (exact) mass is 424 g/mol. The van der Waals surface area contributed by atoms with E-state index in [1.807, 2.05) is 0 Å². The van der Waals surface area contributed by atoms with Crippen molar-refractivity contribution in [3.8, 4) is 0 Å². The third kappa shape index (κ3) is 3.29. The second-order valence-corrected chi connectivity index (χ2v) is 10.1. The maximum Gasteiger partial charge on any atom is 0.191 e. The van der Waals surface area contributed by atoms with Crippen molar-refractivity contribution in [2.45, 2.75) is 64.6 Å². The first kappa shape index (κ1) is 22.1. The zero-order valence-electron chi connectivity index (χ0n) is 17.8. The number of ketones is 2. The number of ether oxygens (including phenoxy) is 2. The summed E-state index contributed by atoms with van der Waals surface area (Å²) in [5.74, 6) is 0.0256. The van der Waals surface area contributed by atoms with Crippen LogP contribution in [0, 0.1) is 34.5 Å². The minimum Gasteiger partial charge on any atom is -0.393 e. The zero-order chi connectivity index (χ0) is 21.7. The summed E-state index contributed by atoms with van der Waals surface area (Å²) in [4.78, 5) is 24.7. The number of alkyl halides is 1. The lowest BCUT2D eigenvalue weighted by Crippen LogP contribution is -2.59. The molecule has 0 bridgehead atoms. The SMILES string of the molecule is C[C@]12C[C@H](O)[C@H]3[C@@H](C[C@H](OCOCF)C4=CC(=O)CC[C@@]43C)[C@@H]1CC[C@@H]2C(=O)CO. The van der Waals surface area contributed by atoms with Crippen LogP contribution in [0.25, 0.3) is 0 Å². The van der Waals surface area contributed by atoms with Gasteiger partial charge in [0.05, 0.1) is 12.2 Å². The Morgan fingerprint density at radius 2 is 2.10 bits per heavy atom. The lowest BCUT2D eigenvalue weighted by atomic mass is 9.45. The minimum atomic E-state index is -0.932. The first-order chi connectivity index (χ1) is 14.3. The van der Waals surface area contributed by atoms with E-state index in [1.54, 1.807) is 6.08 Å². The van der Waals surface area contributed by atoms with Crippen LogP contribution >= 0.6 is 0 Å². The van der Waals surface area contributed by atoms with Crippen molar-refractivity contribution in [2.24, 2.45) is 34.5 Å². The van der Waals surface area contributed by atoms with Gasteiger partial charge < -0.3 is 19.7 Å². The molecule has 0 aromatic rings. The van der Waals surface area contributed by atoms with Crippen LogP contribution in [0.5, 0.6) is 0 Å². The molecule has 2 N–H and O–H groups in total. The molecule has 3 saturated carbocycles. The summed E-state index contributed by atoms with van der Waals surface area (Å²) in [6.07, 6.45) is 4.57. The normalized spacial score (nSPS) is 45.4.